The lowest BCUT2D eigenvalue weighted by molar-refractivity contribution is -0.104. The molecule has 0 saturated heterocycles. The molecule has 148 valence electrons. The van der Waals surface area contributed by atoms with Crippen LogP contribution < -0.4 is 0 Å². The molecule has 0 unspecified atom stereocenters. The van der Waals surface area contributed by atoms with Crippen molar-refractivity contribution < 1.29 is 4.79 Å². The van der Waals surface area contributed by atoms with Crippen LogP contribution in [0.25, 0.3) is 0 Å². The zero-order valence-electron chi connectivity index (χ0n) is 17.6. The van der Waals surface area contributed by atoms with Crippen molar-refractivity contribution >= 4 is 6.29 Å². The van der Waals surface area contributed by atoms with Gasteiger partial charge in [0.15, 0.2) is 0 Å². The lowest BCUT2D eigenvalue weighted by atomic mass is 10.1. The molecule has 0 aliphatic carbocycles. The van der Waals surface area contributed by atoms with Gasteiger partial charge in [-0.3, -0.25) is 4.79 Å². The number of carbonyl (C=O) groups excluding carboxylic acids is 1. The first-order chi connectivity index (χ1) is 12.3. The fourth-order valence-corrected chi connectivity index (χ4v) is 2.76. The van der Waals surface area contributed by atoms with E-state index in [-0.39, 0.29) is 0 Å². The van der Waals surface area contributed by atoms with Crippen LogP contribution in [0.1, 0.15) is 124 Å². The molecule has 0 aliphatic rings. The minimum absolute atomic E-state index is 0.844. The van der Waals surface area contributed by atoms with Gasteiger partial charge in [-0.15, -0.1) is 0 Å². The molecule has 0 amide bonds. The predicted octanol–water partition coefficient (Wildman–Crippen LogP) is 8.59. The van der Waals surface area contributed by atoms with Crippen LogP contribution in [0.4, 0.5) is 0 Å². The average molecular weight is 351 g/mol. The maximum atomic E-state index is 9.89. The molecule has 0 rings (SSSR count). The Labute approximate surface area is 159 Å². The van der Waals surface area contributed by atoms with Gasteiger partial charge < -0.3 is 0 Å². The van der Waals surface area contributed by atoms with Gasteiger partial charge >= 0.3 is 0 Å². The normalized spacial score (nSPS) is 11.0. The van der Waals surface area contributed by atoms with Gasteiger partial charge in [0, 0.05) is 0 Å². The Morgan fingerprint density at radius 2 is 0.960 bits per heavy atom. The van der Waals surface area contributed by atoms with Crippen molar-refractivity contribution in [1.82, 2.24) is 0 Å². The second-order valence-electron chi connectivity index (χ2n) is 6.95. The van der Waals surface area contributed by atoms with Crippen molar-refractivity contribution in [2.75, 3.05) is 0 Å². The second-order valence-corrected chi connectivity index (χ2v) is 6.95. The summed E-state index contributed by atoms with van der Waals surface area (Å²) in [6.45, 7) is 6.61. The van der Waals surface area contributed by atoms with Crippen LogP contribution in [0.2, 0.25) is 0 Å². The Morgan fingerprint density at radius 1 is 0.560 bits per heavy atom. The first kappa shape index (κ1) is 26.4. The molecule has 0 N–H and O–H groups in total. The number of unbranched alkanes of at least 4 members (excludes halogenated alkanes) is 14. The van der Waals surface area contributed by atoms with E-state index < -0.39 is 0 Å². The van der Waals surface area contributed by atoms with Crippen LogP contribution in [-0.4, -0.2) is 6.29 Å². The van der Waals surface area contributed by atoms with Crippen LogP contribution in [0.5, 0.6) is 0 Å². The molecule has 1 heteroatoms. The second kappa shape index (κ2) is 28.0. The van der Waals surface area contributed by atoms with E-state index in [9.17, 15) is 4.79 Å². The summed E-state index contributed by atoms with van der Waals surface area (Å²) in [4.78, 5) is 9.89. The molecule has 0 fully saturated rings. The molecule has 0 aromatic carbocycles. The Morgan fingerprint density at radius 3 is 1.36 bits per heavy atom. The quantitative estimate of drug-likeness (QED) is 0.111. The minimum Gasteiger partial charge on any atom is -0.299 e. The van der Waals surface area contributed by atoms with Gasteiger partial charge in [-0.25, -0.2) is 0 Å². The molecule has 25 heavy (non-hydrogen) atoms. The van der Waals surface area contributed by atoms with E-state index in [1.54, 1.807) is 6.08 Å². The summed E-state index contributed by atoms with van der Waals surface area (Å²) in [6, 6.07) is 0. The summed E-state index contributed by atoms with van der Waals surface area (Å²) in [6.07, 6.45) is 30.5. The number of aldehydes is 1. The Bertz CT molecular complexity index is 278. The molecule has 0 aliphatic heterocycles. The van der Waals surface area contributed by atoms with E-state index in [2.05, 4.69) is 32.9 Å². The third-order valence-electron chi connectivity index (χ3n) is 4.40. The Hall–Kier alpha value is -0.850. The molecule has 0 saturated carbocycles. The van der Waals surface area contributed by atoms with E-state index in [1.165, 1.54) is 96.3 Å². The molecular weight excluding hydrogens is 304 g/mol. The van der Waals surface area contributed by atoms with E-state index in [0.29, 0.717) is 0 Å². The average Bonchev–Trinajstić information content (AvgIpc) is 2.63. The van der Waals surface area contributed by atoms with Crippen LogP contribution in [-0.2, 0) is 4.79 Å². The maximum absolute atomic E-state index is 9.89. The highest BCUT2D eigenvalue weighted by Gasteiger charge is 1.90. The van der Waals surface area contributed by atoms with E-state index in [4.69, 9.17) is 0 Å². The predicted molar refractivity (Wildman–Crippen MR) is 115 cm³/mol. The SMILES string of the molecule is CC=CCCCCCCCCCC.CCCCCCCCC=CC=O. The van der Waals surface area contributed by atoms with Crippen LogP contribution >= 0.6 is 0 Å². The molecule has 0 aromatic heterocycles. The van der Waals surface area contributed by atoms with Crippen molar-refractivity contribution in [3.8, 4) is 0 Å². The minimum atomic E-state index is 0.844. The molecule has 0 bridgehead atoms. The summed E-state index contributed by atoms with van der Waals surface area (Å²) >= 11 is 0. The van der Waals surface area contributed by atoms with E-state index >= 15 is 0 Å². The molecule has 0 heterocycles. The highest BCUT2D eigenvalue weighted by molar-refractivity contribution is 5.64. The van der Waals surface area contributed by atoms with Gasteiger partial charge in [-0.2, -0.15) is 0 Å². The Balaban J connectivity index is 0. The summed E-state index contributed by atoms with van der Waals surface area (Å²) < 4.78 is 0. The van der Waals surface area contributed by atoms with Crippen molar-refractivity contribution in [2.45, 2.75) is 124 Å². The number of rotatable bonds is 17. The largest absolute Gasteiger partial charge is 0.299 e. The van der Waals surface area contributed by atoms with Crippen molar-refractivity contribution in [3.05, 3.63) is 24.3 Å². The first-order valence-corrected chi connectivity index (χ1v) is 11.0. The lowest BCUT2D eigenvalue weighted by Crippen LogP contribution is -1.79. The van der Waals surface area contributed by atoms with Gasteiger partial charge in [0.25, 0.3) is 0 Å². The van der Waals surface area contributed by atoms with Crippen molar-refractivity contribution in [3.63, 3.8) is 0 Å². The summed E-state index contributed by atoms with van der Waals surface area (Å²) in [5, 5.41) is 0. The molecule has 0 aromatic rings. The topological polar surface area (TPSA) is 17.1 Å². The summed E-state index contributed by atoms with van der Waals surface area (Å²) in [7, 11) is 0. The zero-order chi connectivity index (χ0) is 18.8. The van der Waals surface area contributed by atoms with Gasteiger partial charge in [0.1, 0.15) is 6.29 Å². The van der Waals surface area contributed by atoms with Crippen LogP contribution in [0, 0.1) is 0 Å². The molecule has 1 nitrogen and oxygen atoms in total. The standard InChI is InChI=1S/C13H26.C11H20O/c1-3-5-7-9-11-13-12-10-8-6-4-2;1-2-3-4-5-6-7-8-9-10-11-12/h3,5H,4,6-13H2,1-2H3;9-11H,2-8H2,1H3. The fraction of sp³-hybridized carbons (Fsp3) is 0.792. The molecular formula is C24H46O. The molecule has 0 spiro atoms. The number of hydrogen-bond donors (Lipinski definition) is 0. The number of carbonyl (C=O) groups is 1. The van der Waals surface area contributed by atoms with Crippen molar-refractivity contribution in [2.24, 2.45) is 0 Å². The molecule has 0 radical (unpaired) electrons. The summed E-state index contributed by atoms with van der Waals surface area (Å²) in [5.41, 5.74) is 0. The Kier molecular flexibility index (Phi) is 29.5. The zero-order valence-corrected chi connectivity index (χ0v) is 17.6. The van der Waals surface area contributed by atoms with Crippen LogP contribution in [0.15, 0.2) is 24.3 Å². The van der Waals surface area contributed by atoms with Crippen molar-refractivity contribution in [1.29, 1.82) is 0 Å². The first-order valence-electron chi connectivity index (χ1n) is 11.0. The van der Waals surface area contributed by atoms with Gasteiger partial charge in [-0.05, 0) is 38.7 Å². The monoisotopic (exact) mass is 350 g/mol. The number of allylic oxidation sites excluding steroid dienone is 4. The highest BCUT2D eigenvalue weighted by atomic mass is 16.1. The van der Waals surface area contributed by atoms with Gasteiger partial charge in [0.2, 0.25) is 0 Å². The fourth-order valence-electron chi connectivity index (χ4n) is 2.76. The third-order valence-corrected chi connectivity index (χ3v) is 4.40. The van der Waals surface area contributed by atoms with E-state index in [0.717, 1.165) is 12.7 Å². The number of hydrogen-bond acceptors (Lipinski definition) is 1. The highest BCUT2D eigenvalue weighted by Crippen LogP contribution is 2.09. The maximum Gasteiger partial charge on any atom is 0.142 e. The lowest BCUT2D eigenvalue weighted by Gasteiger charge is -1.99. The summed E-state index contributed by atoms with van der Waals surface area (Å²) in [5.74, 6) is 0. The third kappa shape index (κ3) is 31.4. The molecule has 0 atom stereocenters. The van der Waals surface area contributed by atoms with Gasteiger partial charge in [0.05, 0.1) is 0 Å². The smallest absolute Gasteiger partial charge is 0.142 e. The van der Waals surface area contributed by atoms with Gasteiger partial charge in [-0.1, -0.05) is 109 Å². The van der Waals surface area contributed by atoms with E-state index in [1.807, 2.05) is 6.08 Å². The van der Waals surface area contributed by atoms with Crippen LogP contribution in [0.3, 0.4) is 0 Å².